The zero-order valence-electron chi connectivity index (χ0n) is 11.6. The summed E-state index contributed by atoms with van der Waals surface area (Å²) in [5.41, 5.74) is 0.840. The Kier molecular flexibility index (Phi) is 3.27. The molecule has 3 heterocycles. The Morgan fingerprint density at radius 1 is 1.18 bits per heavy atom. The van der Waals surface area contributed by atoms with E-state index in [2.05, 4.69) is 4.98 Å². The highest BCUT2D eigenvalue weighted by molar-refractivity contribution is 5.47. The molecule has 0 N–H and O–H groups in total. The van der Waals surface area contributed by atoms with E-state index in [9.17, 15) is 18.0 Å². The number of hydrogen-bond donors (Lipinski definition) is 0. The van der Waals surface area contributed by atoms with E-state index in [4.69, 9.17) is 0 Å². The summed E-state index contributed by atoms with van der Waals surface area (Å²) >= 11 is 0. The molecule has 3 rings (SSSR count). The number of nitrogens with zero attached hydrogens (tertiary/aromatic N) is 3. The van der Waals surface area contributed by atoms with Crippen molar-refractivity contribution in [3.63, 3.8) is 0 Å². The van der Waals surface area contributed by atoms with Gasteiger partial charge in [-0.05, 0) is 24.6 Å². The highest BCUT2D eigenvalue weighted by Crippen LogP contribution is 2.28. The van der Waals surface area contributed by atoms with E-state index in [0.29, 0.717) is 5.69 Å². The number of imidazole rings is 1. The Labute approximate surface area is 123 Å². The molecule has 0 aromatic carbocycles. The topological polar surface area (TPSA) is 39.3 Å². The van der Waals surface area contributed by atoms with Crippen LogP contribution in [0.15, 0.2) is 47.7 Å². The van der Waals surface area contributed by atoms with Crippen molar-refractivity contribution < 1.29 is 13.2 Å². The van der Waals surface area contributed by atoms with Crippen molar-refractivity contribution >= 4 is 5.65 Å². The third-order valence-corrected chi connectivity index (χ3v) is 3.37. The normalized spacial score (nSPS) is 12.0. The van der Waals surface area contributed by atoms with Crippen LogP contribution in [0.2, 0.25) is 0 Å². The van der Waals surface area contributed by atoms with Gasteiger partial charge in [0, 0.05) is 24.7 Å². The van der Waals surface area contributed by atoms with Crippen LogP contribution in [-0.2, 0) is 12.7 Å². The van der Waals surface area contributed by atoms with E-state index in [1.807, 2.05) is 19.1 Å². The van der Waals surface area contributed by atoms with Crippen LogP contribution in [-0.4, -0.2) is 14.0 Å². The van der Waals surface area contributed by atoms with Gasteiger partial charge in [0.05, 0.1) is 17.8 Å². The highest BCUT2D eigenvalue weighted by Gasteiger charge is 2.31. The average Bonchev–Trinajstić information content (AvgIpc) is 2.84. The van der Waals surface area contributed by atoms with Gasteiger partial charge >= 0.3 is 6.18 Å². The molecule has 0 saturated heterocycles. The van der Waals surface area contributed by atoms with Crippen molar-refractivity contribution in [2.45, 2.75) is 19.6 Å². The molecule has 0 aliphatic rings. The summed E-state index contributed by atoms with van der Waals surface area (Å²) in [6.45, 7) is 1.88. The second-order valence-corrected chi connectivity index (χ2v) is 5.04. The van der Waals surface area contributed by atoms with E-state index in [1.165, 1.54) is 0 Å². The number of aryl methyl sites for hydroxylation is 1. The average molecular weight is 307 g/mol. The van der Waals surface area contributed by atoms with E-state index < -0.39 is 17.3 Å². The summed E-state index contributed by atoms with van der Waals surface area (Å²) in [5, 5.41) is 0. The van der Waals surface area contributed by atoms with Gasteiger partial charge in [-0.1, -0.05) is 6.07 Å². The number of aromatic nitrogens is 3. The first-order valence-corrected chi connectivity index (χ1v) is 6.55. The van der Waals surface area contributed by atoms with Crippen molar-refractivity contribution in [1.82, 2.24) is 14.0 Å². The quantitative estimate of drug-likeness (QED) is 0.730. The molecule has 3 aromatic heterocycles. The van der Waals surface area contributed by atoms with Crippen LogP contribution < -0.4 is 5.56 Å². The molecule has 7 heteroatoms. The Morgan fingerprint density at radius 3 is 2.64 bits per heavy atom. The number of pyridine rings is 2. The maximum Gasteiger partial charge on any atom is 0.417 e. The number of rotatable bonds is 2. The molecule has 0 atom stereocenters. The molecule has 0 radical (unpaired) electrons. The second-order valence-electron chi connectivity index (χ2n) is 5.04. The lowest BCUT2D eigenvalue weighted by Gasteiger charge is -2.09. The van der Waals surface area contributed by atoms with Gasteiger partial charge in [-0.25, -0.2) is 4.98 Å². The number of alkyl halides is 3. The minimum atomic E-state index is -4.48. The fraction of sp³-hybridized carbons (Fsp3) is 0.200. The number of hydrogen-bond acceptors (Lipinski definition) is 2. The first-order valence-electron chi connectivity index (χ1n) is 6.55. The van der Waals surface area contributed by atoms with Crippen molar-refractivity contribution in [2.75, 3.05) is 0 Å². The summed E-state index contributed by atoms with van der Waals surface area (Å²) in [6.07, 6.45) is -0.160. The highest BCUT2D eigenvalue weighted by atomic mass is 19.4. The molecule has 114 valence electrons. The maximum absolute atomic E-state index is 12.7. The maximum atomic E-state index is 12.7. The lowest BCUT2D eigenvalue weighted by atomic mass is 10.2. The van der Waals surface area contributed by atoms with Gasteiger partial charge in [-0.3, -0.25) is 4.79 Å². The van der Waals surface area contributed by atoms with E-state index in [1.54, 1.807) is 16.8 Å². The Hall–Kier alpha value is -2.57. The SMILES string of the molecule is Cc1cccn2cc(Cn3cc(C(F)(F)F)ccc3=O)nc12. The van der Waals surface area contributed by atoms with Crippen LogP contribution in [0.25, 0.3) is 5.65 Å². The fourth-order valence-electron chi connectivity index (χ4n) is 2.28. The van der Waals surface area contributed by atoms with Crippen molar-refractivity contribution in [3.05, 3.63) is 70.0 Å². The van der Waals surface area contributed by atoms with Gasteiger partial charge in [0.1, 0.15) is 5.65 Å². The van der Waals surface area contributed by atoms with Gasteiger partial charge in [-0.15, -0.1) is 0 Å². The Balaban J connectivity index is 2.01. The zero-order chi connectivity index (χ0) is 15.9. The Morgan fingerprint density at radius 2 is 1.95 bits per heavy atom. The molecule has 0 aliphatic carbocycles. The predicted octanol–water partition coefficient (Wildman–Crippen LogP) is 2.87. The van der Waals surface area contributed by atoms with Crippen molar-refractivity contribution in [1.29, 1.82) is 0 Å². The molecule has 0 spiro atoms. The van der Waals surface area contributed by atoms with Gasteiger partial charge in [0.25, 0.3) is 5.56 Å². The van der Waals surface area contributed by atoms with E-state index in [0.717, 1.165) is 34.1 Å². The monoisotopic (exact) mass is 307 g/mol. The third-order valence-electron chi connectivity index (χ3n) is 3.37. The molecular formula is C15H12F3N3O. The number of fused-ring (bicyclic) bond motifs is 1. The molecule has 22 heavy (non-hydrogen) atoms. The van der Waals surface area contributed by atoms with Gasteiger partial charge in [-0.2, -0.15) is 13.2 Å². The molecule has 0 aliphatic heterocycles. The summed E-state index contributed by atoms with van der Waals surface area (Å²) < 4.78 is 41.0. The summed E-state index contributed by atoms with van der Waals surface area (Å²) in [6, 6.07) is 5.45. The number of halogens is 3. The smallest absolute Gasteiger partial charge is 0.309 e. The lowest BCUT2D eigenvalue weighted by molar-refractivity contribution is -0.138. The lowest BCUT2D eigenvalue weighted by Crippen LogP contribution is -2.22. The van der Waals surface area contributed by atoms with Crippen LogP contribution in [0.5, 0.6) is 0 Å². The Bertz CT molecular complexity index is 893. The van der Waals surface area contributed by atoms with Crippen LogP contribution in [0, 0.1) is 6.92 Å². The van der Waals surface area contributed by atoms with E-state index in [-0.39, 0.29) is 6.54 Å². The summed E-state index contributed by atoms with van der Waals surface area (Å²) in [5.74, 6) is 0. The first kappa shape index (κ1) is 14.4. The predicted molar refractivity (Wildman–Crippen MR) is 74.7 cm³/mol. The van der Waals surface area contributed by atoms with Crippen LogP contribution in [0.3, 0.4) is 0 Å². The van der Waals surface area contributed by atoms with Crippen LogP contribution in [0.1, 0.15) is 16.8 Å². The molecule has 0 bridgehead atoms. The summed E-state index contributed by atoms with van der Waals surface area (Å²) in [4.78, 5) is 16.1. The summed E-state index contributed by atoms with van der Waals surface area (Å²) in [7, 11) is 0. The largest absolute Gasteiger partial charge is 0.417 e. The fourth-order valence-corrected chi connectivity index (χ4v) is 2.28. The minimum Gasteiger partial charge on any atom is -0.309 e. The molecule has 0 fully saturated rings. The van der Waals surface area contributed by atoms with Crippen molar-refractivity contribution in [3.8, 4) is 0 Å². The second kappa shape index (κ2) is 5.01. The van der Waals surface area contributed by atoms with Gasteiger partial charge in [0.15, 0.2) is 0 Å². The zero-order valence-corrected chi connectivity index (χ0v) is 11.6. The van der Waals surface area contributed by atoms with Crippen LogP contribution in [0.4, 0.5) is 13.2 Å². The van der Waals surface area contributed by atoms with Crippen molar-refractivity contribution in [2.24, 2.45) is 0 Å². The van der Waals surface area contributed by atoms with Gasteiger partial charge in [0.2, 0.25) is 0 Å². The van der Waals surface area contributed by atoms with E-state index >= 15 is 0 Å². The van der Waals surface area contributed by atoms with Crippen LogP contribution >= 0.6 is 0 Å². The molecule has 4 nitrogen and oxygen atoms in total. The third kappa shape index (κ3) is 2.61. The molecule has 0 saturated carbocycles. The van der Waals surface area contributed by atoms with Gasteiger partial charge < -0.3 is 8.97 Å². The standard InChI is InChI=1S/C15H12F3N3O/c1-10-3-2-6-20-8-12(19-14(10)20)9-21-7-11(15(16,17)18)4-5-13(21)22/h2-8H,9H2,1H3. The molecular weight excluding hydrogens is 295 g/mol. The molecule has 0 amide bonds. The molecule has 3 aromatic rings. The first-order chi connectivity index (χ1) is 10.3. The minimum absolute atomic E-state index is 0.0100. The molecule has 0 unspecified atom stereocenters.